The zero-order chi connectivity index (χ0) is 8.27. The van der Waals surface area contributed by atoms with E-state index in [1.165, 1.54) is 0 Å². The summed E-state index contributed by atoms with van der Waals surface area (Å²) >= 11 is 0. The Morgan fingerprint density at radius 1 is 1.73 bits per heavy atom. The average molecular weight is 152 g/mol. The van der Waals surface area contributed by atoms with Crippen molar-refractivity contribution in [2.24, 2.45) is 0 Å². The molecule has 0 radical (unpaired) electrons. The number of rotatable bonds is 3. The molecule has 0 amide bonds. The lowest BCUT2D eigenvalue weighted by Gasteiger charge is -2.00. The van der Waals surface area contributed by atoms with Gasteiger partial charge in [0.2, 0.25) is 0 Å². The minimum atomic E-state index is -0.0382. The van der Waals surface area contributed by atoms with Gasteiger partial charge in [0.1, 0.15) is 12.0 Å². The number of carbonyl (C=O) groups excluding carboxylic acids is 1. The van der Waals surface area contributed by atoms with Crippen molar-refractivity contribution in [3.8, 4) is 0 Å². The molecule has 1 atom stereocenters. The van der Waals surface area contributed by atoms with E-state index in [-0.39, 0.29) is 5.92 Å². The Balaban J connectivity index is 2.91. The Labute approximate surface area is 66.2 Å². The fraction of sp³-hybridized carbons (Fsp3) is 0.444. The quantitative estimate of drug-likeness (QED) is 0.621. The summed E-state index contributed by atoms with van der Waals surface area (Å²) in [5, 5.41) is 0. The normalized spacial score (nSPS) is 12.9. The molecule has 0 N–H and O–H groups in total. The summed E-state index contributed by atoms with van der Waals surface area (Å²) in [6, 6.07) is 1.86. The first-order chi connectivity index (χ1) is 5.29. The van der Waals surface area contributed by atoms with Gasteiger partial charge in [0.15, 0.2) is 0 Å². The van der Waals surface area contributed by atoms with Gasteiger partial charge in [0.25, 0.3) is 0 Å². The molecule has 0 aliphatic rings. The Kier molecular flexibility index (Phi) is 2.47. The van der Waals surface area contributed by atoms with Gasteiger partial charge in [-0.05, 0) is 6.07 Å². The van der Waals surface area contributed by atoms with Crippen molar-refractivity contribution in [1.29, 1.82) is 0 Å². The fourth-order valence-corrected chi connectivity index (χ4v) is 1.12. The summed E-state index contributed by atoms with van der Waals surface area (Å²) in [4.78, 5) is 10.4. The van der Waals surface area contributed by atoms with Crippen LogP contribution in [0.1, 0.15) is 31.1 Å². The maximum atomic E-state index is 10.4. The van der Waals surface area contributed by atoms with E-state index in [0.29, 0.717) is 0 Å². The molecule has 2 nitrogen and oxygen atoms in total. The fourth-order valence-electron chi connectivity index (χ4n) is 1.12. The molecule has 1 aromatic heterocycles. The number of aryl methyl sites for hydroxylation is 1. The van der Waals surface area contributed by atoms with Crippen LogP contribution in [0.5, 0.6) is 0 Å². The largest absolute Gasteiger partial charge is 0.469 e. The smallest absolute Gasteiger partial charge is 0.127 e. The third-order valence-corrected chi connectivity index (χ3v) is 1.80. The molecule has 0 fully saturated rings. The van der Waals surface area contributed by atoms with Crippen LogP contribution in [0.3, 0.4) is 0 Å². The summed E-state index contributed by atoms with van der Waals surface area (Å²) < 4.78 is 5.18. The van der Waals surface area contributed by atoms with Crippen LogP contribution in [-0.4, -0.2) is 6.29 Å². The lowest BCUT2D eigenvalue weighted by atomic mass is 10.0. The van der Waals surface area contributed by atoms with Crippen molar-refractivity contribution in [3.05, 3.63) is 23.7 Å². The third-order valence-electron chi connectivity index (χ3n) is 1.80. The van der Waals surface area contributed by atoms with Crippen molar-refractivity contribution < 1.29 is 9.21 Å². The molecule has 1 aromatic rings. The topological polar surface area (TPSA) is 30.2 Å². The van der Waals surface area contributed by atoms with Crippen LogP contribution < -0.4 is 0 Å². The van der Waals surface area contributed by atoms with E-state index >= 15 is 0 Å². The van der Waals surface area contributed by atoms with Gasteiger partial charge in [-0.25, -0.2) is 0 Å². The molecule has 0 aliphatic heterocycles. The summed E-state index contributed by atoms with van der Waals surface area (Å²) in [6.45, 7) is 3.89. The Morgan fingerprint density at radius 2 is 2.45 bits per heavy atom. The predicted molar refractivity (Wildman–Crippen MR) is 42.6 cm³/mol. The number of aldehydes is 1. The van der Waals surface area contributed by atoms with Crippen LogP contribution >= 0.6 is 0 Å². The minimum Gasteiger partial charge on any atom is -0.469 e. The van der Waals surface area contributed by atoms with Crippen LogP contribution in [0.25, 0.3) is 0 Å². The standard InChI is InChI=1S/C9H12O2/c1-3-9-8(4-5-11-9)7(2)6-10/h4-7H,3H2,1-2H3. The molecule has 11 heavy (non-hydrogen) atoms. The lowest BCUT2D eigenvalue weighted by molar-refractivity contribution is -0.108. The molecule has 0 bridgehead atoms. The molecular weight excluding hydrogens is 140 g/mol. The maximum absolute atomic E-state index is 10.4. The molecule has 1 unspecified atom stereocenters. The molecule has 0 spiro atoms. The molecule has 1 heterocycles. The van der Waals surface area contributed by atoms with E-state index < -0.39 is 0 Å². The second-order valence-electron chi connectivity index (χ2n) is 2.58. The van der Waals surface area contributed by atoms with Gasteiger partial charge in [-0.1, -0.05) is 13.8 Å². The summed E-state index contributed by atoms with van der Waals surface area (Å²) in [7, 11) is 0. The van der Waals surface area contributed by atoms with Crippen molar-refractivity contribution in [3.63, 3.8) is 0 Å². The minimum absolute atomic E-state index is 0.0382. The first kappa shape index (κ1) is 8.05. The number of carbonyl (C=O) groups is 1. The van der Waals surface area contributed by atoms with Gasteiger partial charge in [-0.3, -0.25) is 0 Å². The van der Waals surface area contributed by atoms with Gasteiger partial charge in [-0.2, -0.15) is 0 Å². The van der Waals surface area contributed by atoms with E-state index in [1.54, 1.807) is 6.26 Å². The Bertz CT molecular complexity index is 237. The van der Waals surface area contributed by atoms with Gasteiger partial charge in [-0.15, -0.1) is 0 Å². The van der Waals surface area contributed by atoms with E-state index in [4.69, 9.17) is 4.42 Å². The van der Waals surface area contributed by atoms with Crippen molar-refractivity contribution in [2.45, 2.75) is 26.2 Å². The Morgan fingerprint density at radius 3 is 3.00 bits per heavy atom. The van der Waals surface area contributed by atoms with E-state index in [1.807, 2.05) is 19.9 Å². The molecule has 0 saturated carbocycles. The van der Waals surface area contributed by atoms with Crippen molar-refractivity contribution >= 4 is 6.29 Å². The Hall–Kier alpha value is -1.05. The maximum Gasteiger partial charge on any atom is 0.127 e. The molecule has 2 heteroatoms. The highest BCUT2D eigenvalue weighted by molar-refractivity contribution is 5.61. The highest BCUT2D eigenvalue weighted by atomic mass is 16.3. The molecule has 0 aromatic carbocycles. The second-order valence-corrected chi connectivity index (χ2v) is 2.58. The van der Waals surface area contributed by atoms with Gasteiger partial charge in [0.05, 0.1) is 6.26 Å². The van der Waals surface area contributed by atoms with Crippen LogP contribution in [0, 0.1) is 0 Å². The van der Waals surface area contributed by atoms with Gasteiger partial charge >= 0.3 is 0 Å². The SMILES string of the molecule is CCc1occc1C(C)C=O. The molecule has 1 rings (SSSR count). The monoisotopic (exact) mass is 152 g/mol. The first-order valence-electron chi connectivity index (χ1n) is 3.81. The number of hydrogen-bond donors (Lipinski definition) is 0. The predicted octanol–water partition coefficient (Wildman–Crippen LogP) is 2.14. The van der Waals surface area contributed by atoms with Crippen molar-refractivity contribution in [1.82, 2.24) is 0 Å². The zero-order valence-corrected chi connectivity index (χ0v) is 6.83. The van der Waals surface area contributed by atoms with Gasteiger partial charge < -0.3 is 9.21 Å². The van der Waals surface area contributed by atoms with Crippen LogP contribution in [-0.2, 0) is 11.2 Å². The number of furan rings is 1. The second kappa shape index (κ2) is 3.37. The van der Waals surface area contributed by atoms with E-state index in [0.717, 1.165) is 24.0 Å². The molecular formula is C9H12O2. The van der Waals surface area contributed by atoms with Crippen molar-refractivity contribution in [2.75, 3.05) is 0 Å². The van der Waals surface area contributed by atoms with E-state index in [2.05, 4.69) is 0 Å². The molecule has 60 valence electrons. The van der Waals surface area contributed by atoms with Crippen LogP contribution in [0.15, 0.2) is 16.7 Å². The average Bonchev–Trinajstić information content (AvgIpc) is 2.50. The summed E-state index contributed by atoms with van der Waals surface area (Å²) in [6.07, 6.45) is 3.42. The molecule has 0 aliphatic carbocycles. The highest BCUT2D eigenvalue weighted by Gasteiger charge is 2.10. The van der Waals surface area contributed by atoms with Crippen LogP contribution in [0.4, 0.5) is 0 Å². The highest BCUT2D eigenvalue weighted by Crippen LogP contribution is 2.19. The van der Waals surface area contributed by atoms with Gasteiger partial charge in [0, 0.05) is 17.9 Å². The van der Waals surface area contributed by atoms with Crippen LogP contribution in [0.2, 0.25) is 0 Å². The lowest BCUT2D eigenvalue weighted by Crippen LogP contribution is -1.95. The summed E-state index contributed by atoms with van der Waals surface area (Å²) in [5.74, 6) is 0.883. The third kappa shape index (κ3) is 1.50. The van der Waals surface area contributed by atoms with E-state index in [9.17, 15) is 4.79 Å². The zero-order valence-electron chi connectivity index (χ0n) is 6.83. The first-order valence-corrected chi connectivity index (χ1v) is 3.81. The summed E-state index contributed by atoms with van der Waals surface area (Å²) in [5.41, 5.74) is 1.02. The number of hydrogen-bond acceptors (Lipinski definition) is 2. The molecule has 0 saturated heterocycles.